The molecule has 1 N–H and O–H groups in total. The van der Waals surface area contributed by atoms with Crippen LogP contribution in [-0.4, -0.2) is 43.5 Å². The number of nitrogens with one attached hydrogen (secondary N) is 1. The van der Waals surface area contributed by atoms with Crippen LogP contribution in [0.4, 0.5) is 0 Å². The maximum Gasteiger partial charge on any atom is 0.165 e. The maximum atomic E-state index is 11.0. The van der Waals surface area contributed by atoms with Gasteiger partial charge in [0.15, 0.2) is 5.82 Å². The maximum absolute atomic E-state index is 11.0. The number of hydrogen-bond donors (Lipinski definition) is 1. The van der Waals surface area contributed by atoms with Gasteiger partial charge in [-0.1, -0.05) is 0 Å². The lowest BCUT2D eigenvalue weighted by Crippen LogP contribution is -2.17. The first-order chi connectivity index (χ1) is 7.15. The average molecular weight is 231 g/mol. The van der Waals surface area contributed by atoms with E-state index in [0.29, 0.717) is 12.3 Å². The van der Waals surface area contributed by atoms with Crippen LogP contribution in [0.25, 0.3) is 0 Å². The molecule has 0 saturated heterocycles. The molecule has 1 aromatic rings. The molecule has 15 heavy (non-hydrogen) atoms. The smallest absolute Gasteiger partial charge is 0.165 e. The molecule has 0 fully saturated rings. The Kier molecular flexibility index (Phi) is 4.83. The fourth-order valence-electron chi connectivity index (χ4n) is 1.29. The molecule has 6 nitrogen and oxygen atoms in total. The van der Waals surface area contributed by atoms with Crippen LogP contribution < -0.4 is 5.32 Å². The first kappa shape index (κ1) is 12.3. The molecule has 0 aliphatic carbocycles. The highest BCUT2D eigenvalue weighted by molar-refractivity contribution is 7.84. The molecule has 86 valence electrons. The third-order valence-electron chi connectivity index (χ3n) is 2.14. The van der Waals surface area contributed by atoms with Gasteiger partial charge in [0.05, 0.1) is 12.6 Å². The molecular formula is C8H17N5OS. The van der Waals surface area contributed by atoms with E-state index >= 15 is 0 Å². The summed E-state index contributed by atoms with van der Waals surface area (Å²) in [5.74, 6) is 1.49. The Morgan fingerprint density at radius 3 is 2.93 bits per heavy atom. The minimum absolute atomic E-state index is 0.187. The average Bonchev–Trinajstić information content (AvgIpc) is 2.63. The lowest BCUT2D eigenvalue weighted by Gasteiger charge is -2.12. The summed E-state index contributed by atoms with van der Waals surface area (Å²) in [4.78, 5) is 0. The molecule has 0 spiro atoms. The minimum Gasteiger partial charge on any atom is -0.313 e. The Morgan fingerprint density at radius 1 is 1.60 bits per heavy atom. The Labute approximate surface area is 91.9 Å². The predicted octanol–water partition coefficient (Wildman–Crippen LogP) is -0.278. The number of nitrogens with zero attached hydrogens (tertiary/aromatic N) is 4. The molecule has 0 aliphatic rings. The van der Waals surface area contributed by atoms with Gasteiger partial charge in [0, 0.05) is 22.8 Å². The molecule has 0 radical (unpaired) electrons. The van der Waals surface area contributed by atoms with Crippen LogP contribution in [0.15, 0.2) is 0 Å². The molecule has 0 aliphatic heterocycles. The molecule has 7 heteroatoms. The van der Waals surface area contributed by atoms with Gasteiger partial charge in [0.25, 0.3) is 0 Å². The first-order valence-electron chi connectivity index (χ1n) is 4.86. The van der Waals surface area contributed by atoms with Crippen molar-refractivity contribution in [1.29, 1.82) is 0 Å². The largest absolute Gasteiger partial charge is 0.313 e. The van der Waals surface area contributed by atoms with Crippen LogP contribution in [0.2, 0.25) is 0 Å². The fraction of sp³-hybridized carbons (Fsp3) is 0.875. The number of rotatable bonds is 6. The van der Waals surface area contributed by atoms with Crippen molar-refractivity contribution in [2.24, 2.45) is 0 Å². The highest BCUT2D eigenvalue weighted by Crippen LogP contribution is 2.10. The third kappa shape index (κ3) is 3.67. The normalized spacial score (nSPS) is 15.1. The summed E-state index contributed by atoms with van der Waals surface area (Å²) in [6.45, 7) is 2.68. The number of hydrogen-bond acceptors (Lipinski definition) is 5. The van der Waals surface area contributed by atoms with Crippen molar-refractivity contribution in [2.75, 3.05) is 19.1 Å². The van der Waals surface area contributed by atoms with Gasteiger partial charge in [-0.3, -0.25) is 4.21 Å². The first-order valence-corrected chi connectivity index (χ1v) is 6.59. The van der Waals surface area contributed by atoms with Gasteiger partial charge < -0.3 is 5.32 Å². The second-order valence-electron chi connectivity index (χ2n) is 3.49. The predicted molar refractivity (Wildman–Crippen MR) is 58.8 cm³/mol. The van der Waals surface area contributed by atoms with Gasteiger partial charge in [-0.25, -0.2) is 4.68 Å². The lowest BCUT2D eigenvalue weighted by atomic mass is 10.2. The lowest BCUT2D eigenvalue weighted by molar-refractivity contribution is 0.445. The standard InChI is InChI=1S/C8H17N5OS/c1-7(4-5-15(3)14)13-8(6-9-2)10-11-12-13/h7,9H,4-6H2,1-3H3. The zero-order valence-corrected chi connectivity index (χ0v) is 10.1. The van der Waals surface area contributed by atoms with Crippen molar-refractivity contribution in [3.8, 4) is 0 Å². The summed E-state index contributed by atoms with van der Waals surface area (Å²) in [5.41, 5.74) is 0. The zero-order chi connectivity index (χ0) is 11.3. The molecule has 1 aromatic heterocycles. The van der Waals surface area contributed by atoms with Crippen LogP contribution in [0, 0.1) is 0 Å². The molecular weight excluding hydrogens is 214 g/mol. The minimum atomic E-state index is -0.756. The van der Waals surface area contributed by atoms with E-state index in [9.17, 15) is 4.21 Å². The van der Waals surface area contributed by atoms with Crippen molar-refractivity contribution in [3.05, 3.63) is 5.82 Å². The molecule has 0 amide bonds. The molecule has 1 rings (SSSR count). The van der Waals surface area contributed by atoms with Gasteiger partial charge in [-0.2, -0.15) is 0 Å². The Morgan fingerprint density at radius 2 is 2.33 bits per heavy atom. The van der Waals surface area contributed by atoms with E-state index < -0.39 is 10.8 Å². The van der Waals surface area contributed by atoms with Crippen molar-refractivity contribution in [2.45, 2.75) is 25.9 Å². The van der Waals surface area contributed by atoms with Crippen LogP contribution in [0.1, 0.15) is 25.2 Å². The van der Waals surface area contributed by atoms with E-state index in [0.717, 1.165) is 12.2 Å². The van der Waals surface area contributed by atoms with E-state index in [2.05, 4.69) is 20.8 Å². The van der Waals surface area contributed by atoms with Crippen molar-refractivity contribution >= 4 is 10.8 Å². The summed E-state index contributed by atoms with van der Waals surface area (Å²) < 4.78 is 12.7. The summed E-state index contributed by atoms with van der Waals surface area (Å²) in [5, 5.41) is 14.5. The van der Waals surface area contributed by atoms with Gasteiger partial charge in [0.1, 0.15) is 0 Å². The van der Waals surface area contributed by atoms with Crippen molar-refractivity contribution in [3.63, 3.8) is 0 Å². The highest BCUT2D eigenvalue weighted by Gasteiger charge is 2.12. The molecule has 2 atom stereocenters. The van der Waals surface area contributed by atoms with Crippen molar-refractivity contribution in [1.82, 2.24) is 25.5 Å². The molecule has 2 unspecified atom stereocenters. The Balaban J connectivity index is 2.59. The van der Waals surface area contributed by atoms with Gasteiger partial charge in [0.2, 0.25) is 0 Å². The third-order valence-corrected chi connectivity index (χ3v) is 2.95. The highest BCUT2D eigenvalue weighted by atomic mass is 32.2. The monoisotopic (exact) mass is 231 g/mol. The summed E-state index contributed by atoms with van der Waals surface area (Å²) in [7, 11) is 1.10. The molecule has 1 heterocycles. The van der Waals surface area contributed by atoms with Gasteiger partial charge >= 0.3 is 0 Å². The van der Waals surface area contributed by atoms with E-state index in [4.69, 9.17) is 0 Å². The summed E-state index contributed by atoms with van der Waals surface area (Å²) >= 11 is 0. The summed E-state index contributed by atoms with van der Waals surface area (Å²) in [6, 6.07) is 0.187. The second kappa shape index (κ2) is 5.92. The Hall–Kier alpha value is -0.820. The van der Waals surface area contributed by atoms with E-state index in [1.54, 1.807) is 10.9 Å². The SMILES string of the molecule is CNCc1nnnn1C(C)CCS(C)=O. The van der Waals surface area contributed by atoms with E-state index in [1.165, 1.54) is 0 Å². The summed E-state index contributed by atoms with van der Waals surface area (Å²) in [6.07, 6.45) is 2.53. The van der Waals surface area contributed by atoms with Gasteiger partial charge in [-0.05, 0) is 30.8 Å². The molecule has 0 aromatic carbocycles. The van der Waals surface area contributed by atoms with E-state index in [-0.39, 0.29) is 6.04 Å². The number of tetrazole rings is 1. The van der Waals surface area contributed by atoms with E-state index in [1.807, 2.05) is 14.0 Å². The molecule has 0 bridgehead atoms. The van der Waals surface area contributed by atoms with Crippen LogP contribution >= 0.6 is 0 Å². The van der Waals surface area contributed by atoms with Crippen LogP contribution in [-0.2, 0) is 17.3 Å². The zero-order valence-electron chi connectivity index (χ0n) is 9.30. The topological polar surface area (TPSA) is 72.7 Å². The van der Waals surface area contributed by atoms with Crippen LogP contribution in [0.5, 0.6) is 0 Å². The fourth-order valence-corrected chi connectivity index (χ4v) is 1.96. The van der Waals surface area contributed by atoms with Gasteiger partial charge in [-0.15, -0.1) is 5.10 Å². The second-order valence-corrected chi connectivity index (χ2v) is 5.04. The molecule has 0 saturated carbocycles. The Bertz CT molecular complexity index is 327. The van der Waals surface area contributed by atoms with Crippen molar-refractivity contribution < 1.29 is 4.21 Å². The number of aromatic nitrogens is 4. The van der Waals surface area contributed by atoms with Crippen LogP contribution in [0.3, 0.4) is 0 Å². The quantitative estimate of drug-likeness (QED) is 0.729.